The van der Waals surface area contributed by atoms with E-state index >= 15 is 0 Å². The Morgan fingerprint density at radius 2 is 1.45 bits per heavy atom. The first-order valence-corrected chi connectivity index (χ1v) is 16.8. The predicted octanol–water partition coefficient (Wildman–Crippen LogP) is 10.5. The van der Waals surface area contributed by atoms with Crippen molar-refractivity contribution >= 4 is 38.9 Å². The molecule has 246 valence electrons. The third kappa shape index (κ3) is 5.41. The van der Waals surface area contributed by atoms with Crippen LogP contribution in [-0.4, -0.2) is 16.6 Å². The average molecular weight is 819 g/mol. The molecule has 49 heavy (non-hydrogen) atoms. The zero-order valence-electron chi connectivity index (χ0n) is 27.3. The van der Waals surface area contributed by atoms with Crippen molar-refractivity contribution in [3.05, 3.63) is 157 Å². The van der Waals surface area contributed by atoms with Gasteiger partial charge in [0.2, 0.25) is 0 Å². The molecular formula is C43H35N4OPt-3. The Balaban J connectivity index is 0.00000348. The second-order valence-corrected chi connectivity index (χ2v) is 12.9. The fourth-order valence-electron chi connectivity index (χ4n) is 7.88. The van der Waals surface area contributed by atoms with Crippen molar-refractivity contribution in [3.8, 4) is 17.3 Å². The molecule has 0 unspecified atom stereocenters. The van der Waals surface area contributed by atoms with Gasteiger partial charge in [-0.25, -0.2) is 4.98 Å². The summed E-state index contributed by atoms with van der Waals surface area (Å²) in [5.74, 6) is 2.16. The Kier molecular flexibility index (Phi) is 8.25. The maximum atomic E-state index is 6.48. The molecule has 2 aromatic heterocycles. The molecule has 2 aliphatic rings. The summed E-state index contributed by atoms with van der Waals surface area (Å²) in [6, 6.07) is 49.8. The van der Waals surface area contributed by atoms with Crippen molar-refractivity contribution in [1.82, 2.24) is 9.55 Å². The number of pyridine rings is 1. The summed E-state index contributed by atoms with van der Waals surface area (Å²) in [4.78, 5) is 9.24. The Morgan fingerprint density at radius 3 is 2.31 bits per heavy atom. The van der Waals surface area contributed by atoms with Gasteiger partial charge in [-0.2, -0.15) is 18.8 Å². The van der Waals surface area contributed by atoms with Gasteiger partial charge in [0.05, 0.1) is 0 Å². The van der Waals surface area contributed by atoms with E-state index in [0.717, 1.165) is 52.1 Å². The largest absolute Gasteiger partial charge is 0.509 e. The van der Waals surface area contributed by atoms with E-state index in [-0.39, 0.29) is 26.5 Å². The first-order chi connectivity index (χ1) is 23.7. The molecule has 0 N–H and O–H groups in total. The third-order valence-corrected chi connectivity index (χ3v) is 10.2. The van der Waals surface area contributed by atoms with E-state index in [1.165, 1.54) is 35.8 Å². The Morgan fingerprint density at radius 1 is 0.694 bits per heavy atom. The van der Waals surface area contributed by atoms with Gasteiger partial charge in [0.25, 0.3) is 0 Å². The molecule has 0 radical (unpaired) electrons. The number of hydrogen-bond acceptors (Lipinski definition) is 4. The second-order valence-electron chi connectivity index (χ2n) is 12.9. The molecular weight excluding hydrogens is 784 g/mol. The first-order valence-electron chi connectivity index (χ1n) is 16.8. The molecule has 1 saturated carbocycles. The van der Waals surface area contributed by atoms with Gasteiger partial charge in [-0.05, 0) is 66.7 Å². The number of ether oxygens (including phenoxy) is 1. The van der Waals surface area contributed by atoms with Crippen LogP contribution >= 0.6 is 0 Å². The molecule has 9 rings (SSSR count). The molecule has 0 saturated heterocycles. The van der Waals surface area contributed by atoms with E-state index in [9.17, 15) is 0 Å². The molecule has 5 nitrogen and oxygen atoms in total. The smallest absolute Gasteiger partial charge is 0.135 e. The quantitative estimate of drug-likeness (QED) is 0.157. The topological polar surface area (TPSA) is 33.5 Å². The van der Waals surface area contributed by atoms with E-state index in [2.05, 4.69) is 143 Å². The van der Waals surface area contributed by atoms with Gasteiger partial charge in [-0.1, -0.05) is 85.4 Å². The van der Waals surface area contributed by atoms with Crippen LogP contribution in [-0.2, 0) is 26.5 Å². The number of anilines is 3. The van der Waals surface area contributed by atoms with Crippen LogP contribution in [0.3, 0.4) is 0 Å². The third-order valence-electron chi connectivity index (χ3n) is 10.2. The van der Waals surface area contributed by atoms with Gasteiger partial charge in [0.15, 0.2) is 0 Å². The molecule has 0 atom stereocenters. The van der Waals surface area contributed by atoms with Crippen LogP contribution in [0, 0.1) is 18.8 Å². The van der Waals surface area contributed by atoms with Crippen LogP contribution in [0.5, 0.6) is 11.5 Å². The van der Waals surface area contributed by atoms with Crippen molar-refractivity contribution < 1.29 is 25.8 Å². The van der Waals surface area contributed by atoms with E-state index < -0.39 is 0 Å². The van der Waals surface area contributed by atoms with E-state index in [1.807, 2.05) is 24.4 Å². The van der Waals surface area contributed by atoms with Crippen LogP contribution < -0.4 is 14.5 Å². The number of nitrogens with zero attached hydrogens (tertiary/aromatic N) is 4. The zero-order valence-corrected chi connectivity index (χ0v) is 29.5. The number of fused-ring (bicyclic) bond motifs is 4. The molecule has 6 heteroatoms. The van der Waals surface area contributed by atoms with Crippen LogP contribution in [0.15, 0.2) is 128 Å². The summed E-state index contributed by atoms with van der Waals surface area (Å²) in [5.41, 5.74) is 7.93. The number of benzene rings is 5. The van der Waals surface area contributed by atoms with Gasteiger partial charge in [0.1, 0.15) is 5.82 Å². The minimum absolute atomic E-state index is 0. The minimum atomic E-state index is -0.0170. The van der Waals surface area contributed by atoms with Gasteiger partial charge in [-0.15, -0.1) is 41.4 Å². The summed E-state index contributed by atoms with van der Waals surface area (Å²) in [5, 5.41) is 2.28. The number of rotatable bonds is 6. The molecule has 1 aliphatic carbocycles. The summed E-state index contributed by atoms with van der Waals surface area (Å²) >= 11 is 0. The zero-order chi connectivity index (χ0) is 32.1. The Bertz CT molecular complexity index is 2270. The summed E-state index contributed by atoms with van der Waals surface area (Å²) in [7, 11) is 2.06. The fraction of sp³-hybridized carbons (Fsp3) is 0.163. The van der Waals surface area contributed by atoms with Crippen molar-refractivity contribution in [1.29, 1.82) is 0 Å². The molecule has 7 aromatic rings. The molecule has 1 aliphatic heterocycles. The molecule has 0 amide bonds. The van der Waals surface area contributed by atoms with Crippen LogP contribution in [0.2, 0.25) is 0 Å². The maximum Gasteiger partial charge on any atom is 0.135 e. The molecule has 0 spiro atoms. The monoisotopic (exact) mass is 818 g/mol. The minimum Gasteiger partial charge on any atom is -0.509 e. The van der Waals surface area contributed by atoms with Crippen LogP contribution in [0.1, 0.15) is 43.2 Å². The van der Waals surface area contributed by atoms with Gasteiger partial charge >= 0.3 is 0 Å². The van der Waals surface area contributed by atoms with Crippen molar-refractivity contribution in [2.45, 2.75) is 37.5 Å². The fourth-order valence-corrected chi connectivity index (χ4v) is 7.88. The summed E-state index contributed by atoms with van der Waals surface area (Å²) < 4.78 is 8.73. The molecule has 0 bridgehead atoms. The maximum absolute atomic E-state index is 6.48. The molecule has 3 heterocycles. The number of para-hydroxylation sites is 3. The standard InChI is InChI=1S/C43H35N4O.Pt/c1-45-30-46(40-20-9-8-19-39(40)45)33-15-12-16-34(28-33)48-35-21-22-37-36-17-6-7-18-38(36)47(41(37)29-35)42-27-32(23-26-44-42)43(24-10-3-11-25-43)31-13-4-2-5-14-31;/h2,4-9,12-23,26-27,30H,3,10-11,24-25H2,1H3;/q-3;. The van der Waals surface area contributed by atoms with Gasteiger partial charge in [-0.3, -0.25) is 0 Å². The SMILES string of the molecule is CN1[CH-]N(c2[c-]c(Oc3[c-]c4c(cc3)c3ccccc3n4-c3cc(C4(c5ccccc5)CCCCC4)ccn3)ccc2)c2ccccc21.[Pt]. The van der Waals surface area contributed by atoms with E-state index in [1.54, 1.807) is 0 Å². The van der Waals surface area contributed by atoms with Gasteiger partial charge < -0.3 is 19.1 Å². The number of aromatic nitrogens is 2. The summed E-state index contributed by atoms with van der Waals surface area (Å²) in [6.45, 7) is 2.08. The van der Waals surface area contributed by atoms with Crippen LogP contribution in [0.25, 0.3) is 27.6 Å². The first kappa shape index (κ1) is 31.4. The van der Waals surface area contributed by atoms with Crippen LogP contribution in [0.4, 0.5) is 17.1 Å². The average Bonchev–Trinajstić information content (AvgIpc) is 3.67. The van der Waals surface area contributed by atoms with Crippen molar-refractivity contribution in [2.75, 3.05) is 16.8 Å². The number of hydrogen-bond donors (Lipinski definition) is 0. The summed E-state index contributed by atoms with van der Waals surface area (Å²) in [6.07, 6.45) is 8.02. The Labute approximate surface area is 302 Å². The second kappa shape index (κ2) is 12.9. The molecule has 1 fully saturated rings. The van der Waals surface area contributed by atoms with E-state index in [4.69, 9.17) is 9.72 Å². The van der Waals surface area contributed by atoms with Gasteiger partial charge in [0, 0.05) is 61.1 Å². The van der Waals surface area contributed by atoms with Crippen molar-refractivity contribution in [3.63, 3.8) is 0 Å². The van der Waals surface area contributed by atoms with E-state index in [0.29, 0.717) is 11.5 Å². The normalized spacial score (nSPS) is 15.3. The Hall–Kier alpha value is -4.86. The molecule has 5 aromatic carbocycles. The predicted molar refractivity (Wildman–Crippen MR) is 194 cm³/mol. The van der Waals surface area contributed by atoms with Crippen molar-refractivity contribution in [2.24, 2.45) is 0 Å².